The van der Waals surface area contributed by atoms with Gasteiger partial charge in [0.05, 0.1) is 30.5 Å². The molecule has 4 heterocycles. The Morgan fingerprint density at radius 2 is 2.18 bits per heavy atom. The molecule has 150 valence electrons. The lowest BCUT2D eigenvalue weighted by molar-refractivity contribution is -0.192. The first-order valence-corrected chi connectivity index (χ1v) is 8.22. The highest BCUT2D eigenvalue weighted by Gasteiger charge is 2.38. The number of halogens is 4. The molecule has 13 heteroatoms. The maximum absolute atomic E-state index is 10.6. The second kappa shape index (κ2) is 8.12. The van der Waals surface area contributed by atoms with Crippen molar-refractivity contribution in [3.8, 4) is 11.6 Å². The second-order valence-electron chi connectivity index (χ2n) is 5.54. The van der Waals surface area contributed by atoms with Crippen LogP contribution in [0.4, 0.5) is 13.2 Å². The van der Waals surface area contributed by atoms with Crippen LogP contribution in [0.15, 0.2) is 29.0 Å². The van der Waals surface area contributed by atoms with Gasteiger partial charge in [-0.15, -0.1) is 0 Å². The summed E-state index contributed by atoms with van der Waals surface area (Å²) in [6.07, 6.45) is -1.56. The zero-order chi connectivity index (χ0) is 20.3. The molecular formula is C15H13ClF3N5O4. The van der Waals surface area contributed by atoms with Gasteiger partial charge in [-0.25, -0.2) is 9.78 Å². The normalized spacial score (nSPS) is 17.2. The van der Waals surface area contributed by atoms with Crippen LogP contribution in [0.1, 0.15) is 11.9 Å². The first kappa shape index (κ1) is 20.0. The topological polar surface area (TPSA) is 115 Å². The van der Waals surface area contributed by atoms with Crippen LogP contribution in [-0.4, -0.2) is 56.5 Å². The monoisotopic (exact) mass is 419 g/mol. The molecule has 3 aromatic heterocycles. The van der Waals surface area contributed by atoms with Crippen LogP contribution in [-0.2, 0) is 9.53 Å². The Bertz CT molecular complexity index is 968. The van der Waals surface area contributed by atoms with Crippen LogP contribution in [0.3, 0.4) is 0 Å². The van der Waals surface area contributed by atoms with Gasteiger partial charge in [0.15, 0.2) is 11.5 Å². The van der Waals surface area contributed by atoms with Gasteiger partial charge in [-0.05, 0) is 12.1 Å². The number of imidazole rings is 1. The number of rotatable bonds is 2. The van der Waals surface area contributed by atoms with Crippen LogP contribution in [0.5, 0.6) is 0 Å². The van der Waals surface area contributed by atoms with E-state index in [2.05, 4.69) is 20.4 Å². The smallest absolute Gasteiger partial charge is 0.475 e. The average Bonchev–Trinajstić information content (AvgIpc) is 3.29. The Labute approximate surface area is 160 Å². The zero-order valence-electron chi connectivity index (χ0n) is 14.0. The van der Waals surface area contributed by atoms with Gasteiger partial charge in [-0.3, -0.25) is 4.40 Å². The van der Waals surface area contributed by atoms with Crippen molar-refractivity contribution >= 4 is 23.2 Å². The number of hydrogen-bond acceptors (Lipinski definition) is 7. The first-order chi connectivity index (χ1) is 13.3. The molecule has 1 atom stereocenters. The van der Waals surface area contributed by atoms with Crippen molar-refractivity contribution in [2.45, 2.75) is 12.2 Å². The third-order valence-electron chi connectivity index (χ3n) is 3.62. The van der Waals surface area contributed by atoms with Crippen LogP contribution < -0.4 is 5.32 Å². The van der Waals surface area contributed by atoms with Gasteiger partial charge in [-0.2, -0.15) is 18.2 Å². The summed E-state index contributed by atoms with van der Waals surface area (Å²) < 4.78 is 44.3. The second-order valence-corrected chi connectivity index (χ2v) is 5.94. The molecule has 0 bridgehead atoms. The van der Waals surface area contributed by atoms with Gasteiger partial charge < -0.3 is 19.7 Å². The van der Waals surface area contributed by atoms with Crippen molar-refractivity contribution < 1.29 is 32.3 Å². The number of hydrogen-bond donors (Lipinski definition) is 2. The molecule has 0 aliphatic carbocycles. The molecule has 0 saturated carbocycles. The summed E-state index contributed by atoms with van der Waals surface area (Å²) >= 11 is 6.11. The number of aromatic nitrogens is 4. The molecule has 2 N–H and O–H groups in total. The first-order valence-electron chi connectivity index (χ1n) is 7.84. The standard InChI is InChI=1S/C13H12ClN5O2.C2HF3O2/c14-8-2-1-4-19-10(6-16-12(8)19)13-17-11(18-21-13)9-7-20-5-3-15-9;3-2(4,5)1(6)7/h1-2,4,6,9,15H,3,5,7H2;(H,6,7). The minimum atomic E-state index is -5.08. The quantitative estimate of drug-likeness (QED) is 0.650. The molecule has 0 amide bonds. The predicted octanol–water partition coefficient (Wildman–Crippen LogP) is 2.33. The van der Waals surface area contributed by atoms with E-state index in [0.717, 1.165) is 6.54 Å². The molecule has 0 aromatic carbocycles. The summed E-state index contributed by atoms with van der Waals surface area (Å²) in [5, 5.41) is 15.0. The number of carboxylic acids is 1. The highest BCUT2D eigenvalue weighted by molar-refractivity contribution is 6.33. The van der Waals surface area contributed by atoms with E-state index in [-0.39, 0.29) is 6.04 Å². The molecule has 4 rings (SSSR count). The number of ether oxygens (including phenoxy) is 1. The number of morpholine rings is 1. The number of pyridine rings is 1. The van der Waals surface area contributed by atoms with Crippen molar-refractivity contribution in [1.29, 1.82) is 0 Å². The number of aliphatic carboxylic acids is 1. The number of alkyl halides is 3. The van der Waals surface area contributed by atoms with E-state index in [1.54, 1.807) is 12.3 Å². The number of carbonyl (C=O) groups is 1. The fourth-order valence-electron chi connectivity index (χ4n) is 2.35. The lowest BCUT2D eigenvalue weighted by atomic mass is 10.2. The number of carboxylic acid groups (broad SMARTS) is 1. The van der Waals surface area contributed by atoms with Gasteiger partial charge in [-0.1, -0.05) is 16.8 Å². The summed E-state index contributed by atoms with van der Waals surface area (Å²) in [7, 11) is 0. The summed E-state index contributed by atoms with van der Waals surface area (Å²) in [6, 6.07) is 3.59. The van der Waals surface area contributed by atoms with E-state index in [9.17, 15) is 13.2 Å². The molecule has 1 saturated heterocycles. The summed E-state index contributed by atoms with van der Waals surface area (Å²) in [6.45, 7) is 2.02. The predicted molar refractivity (Wildman–Crippen MR) is 88.7 cm³/mol. The van der Waals surface area contributed by atoms with Crippen LogP contribution in [0, 0.1) is 0 Å². The lowest BCUT2D eigenvalue weighted by Crippen LogP contribution is -2.35. The minimum absolute atomic E-state index is 0.0426. The van der Waals surface area contributed by atoms with Crippen LogP contribution >= 0.6 is 11.6 Å². The van der Waals surface area contributed by atoms with Crippen molar-refractivity contribution in [2.24, 2.45) is 0 Å². The molecular weight excluding hydrogens is 407 g/mol. The molecule has 1 aliphatic rings. The number of fused-ring (bicyclic) bond motifs is 1. The van der Waals surface area contributed by atoms with Gasteiger partial charge >= 0.3 is 12.1 Å². The Balaban J connectivity index is 0.000000279. The van der Waals surface area contributed by atoms with E-state index in [0.29, 0.717) is 41.3 Å². The van der Waals surface area contributed by atoms with E-state index < -0.39 is 12.1 Å². The van der Waals surface area contributed by atoms with Gasteiger partial charge in [0.2, 0.25) is 0 Å². The van der Waals surface area contributed by atoms with E-state index in [1.807, 2.05) is 16.7 Å². The number of nitrogens with one attached hydrogen (secondary N) is 1. The SMILES string of the molecule is Clc1cccn2c(-c3nc(C4COCCN4)no3)cnc12.O=C(O)C(F)(F)F. The molecule has 28 heavy (non-hydrogen) atoms. The Morgan fingerprint density at radius 3 is 2.82 bits per heavy atom. The molecule has 1 unspecified atom stereocenters. The molecule has 1 aliphatic heterocycles. The highest BCUT2D eigenvalue weighted by Crippen LogP contribution is 2.24. The molecule has 1 fully saturated rings. The van der Waals surface area contributed by atoms with E-state index in [1.165, 1.54) is 0 Å². The van der Waals surface area contributed by atoms with Crippen molar-refractivity contribution in [3.63, 3.8) is 0 Å². The van der Waals surface area contributed by atoms with E-state index in [4.69, 9.17) is 30.8 Å². The van der Waals surface area contributed by atoms with Gasteiger partial charge in [0.1, 0.15) is 5.69 Å². The van der Waals surface area contributed by atoms with Crippen molar-refractivity contribution in [2.75, 3.05) is 19.8 Å². The van der Waals surface area contributed by atoms with E-state index >= 15 is 0 Å². The van der Waals surface area contributed by atoms with Crippen molar-refractivity contribution in [3.05, 3.63) is 35.4 Å². The van der Waals surface area contributed by atoms with Crippen molar-refractivity contribution in [1.82, 2.24) is 24.8 Å². The molecule has 0 radical (unpaired) electrons. The number of nitrogens with zero attached hydrogens (tertiary/aromatic N) is 4. The fourth-order valence-corrected chi connectivity index (χ4v) is 2.56. The third-order valence-corrected chi connectivity index (χ3v) is 3.92. The minimum Gasteiger partial charge on any atom is -0.475 e. The third kappa shape index (κ3) is 4.40. The highest BCUT2D eigenvalue weighted by atomic mass is 35.5. The molecule has 0 spiro atoms. The lowest BCUT2D eigenvalue weighted by Gasteiger charge is -2.20. The van der Waals surface area contributed by atoms with Gasteiger partial charge in [0.25, 0.3) is 5.89 Å². The Morgan fingerprint density at radius 1 is 1.43 bits per heavy atom. The summed E-state index contributed by atoms with van der Waals surface area (Å²) in [5.41, 5.74) is 1.37. The maximum atomic E-state index is 10.6. The molecule has 3 aromatic rings. The maximum Gasteiger partial charge on any atom is 0.490 e. The van der Waals surface area contributed by atoms with Gasteiger partial charge in [0, 0.05) is 12.7 Å². The van der Waals surface area contributed by atoms with Crippen LogP contribution in [0.25, 0.3) is 17.2 Å². The van der Waals surface area contributed by atoms with Crippen LogP contribution in [0.2, 0.25) is 5.02 Å². The summed E-state index contributed by atoms with van der Waals surface area (Å²) in [4.78, 5) is 17.6. The zero-order valence-corrected chi connectivity index (χ0v) is 14.7. The summed E-state index contributed by atoms with van der Waals surface area (Å²) in [5.74, 6) is -1.76. The molecule has 9 nitrogen and oxygen atoms in total. The Hall–Kier alpha value is -2.70. The Kier molecular flexibility index (Phi) is 5.82. The fraction of sp³-hybridized carbons (Fsp3) is 0.333. The largest absolute Gasteiger partial charge is 0.490 e. The average molecular weight is 420 g/mol.